The largest absolute Gasteiger partial charge is 0.352 e. The normalized spacial score (nSPS) is 21.4. The summed E-state index contributed by atoms with van der Waals surface area (Å²) in [6.45, 7) is 7.01. The lowest BCUT2D eigenvalue weighted by atomic mass is 10.2. The van der Waals surface area contributed by atoms with E-state index in [1.807, 2.05) is 13.0 Å². The zero-order chi connectivity index (χ0) is 16.1. The fraction of sp³-hybridized carbons (Fsp3) is 0.526. The Morgan fingerprint density at radius 3 is 2.57 bits per heavy atom. The molecular formula is C19H27N3O. The SMILES string of the molecule is C[C@@H](C(=O)NC1CC1)N1CCN(C/C=C/c2ccccc2)CC1. The van der Waals surface area contributed by atoms with Crippen molar-refractivity contribution in [2.24, 2.45) is 0 Å². The topological polar surface area (TPSA) is 35.6 Å². The first kappa shape index (κ1) is 16.2. The Kier molecular flexibility index (Phi) is 5.47. The zero-order valence-electron chi connectivity index (χ0n) is 13.9. The summed E-state index contributed by atoms with van der Waals surface area (Å²) in [7, 11) is 0. The van der Waals surface area contributed by atoms with Crippen LogP contribution in [-0.2, 0) is 4.79 Å². The maximum absolute atomic E-state index is 12.1. The van der Waals surface area contributed by atoms with Gasteiger partial charge >= 0.3 is 0 Å². The summed E-state index contributed by atoms with van der Waals surface area (Å²) in [6, 6.07) is 10.9. The third-order valence-corrected chi connectivity index (χ3v) is 4.73. The van der Waals surface area contributed by atoms with Gasteiger partial charge in [0.1, 0.15) is 0 Å². The van der Waals surface area contributed by atoms with E-state index < -0.39 is 0 Å². The second-order valence-electron chi connectivity index (χ2n) is 6.61. The number of hydrogen-bond acceptors (Lipinski definition) is 3. The Balaban J connectivity index is 1.39. The van der Waals surface area contributed by atoms with Crippen LogP contribution in [0, 0.1) is 0 Å². The molecule has 1 aromatic carbocycles. The Hall–Kier alpha value is -1.65. The van der Waals surface area contributed by atoms with Gasteiger partial charge < -0.3 is 5.32 Å². The molecular weight excluding hydrogens is 286 g/mol. The van der Waals surface area contributed by atoms with Crippen molar-refractivity contribution in [3.63, 3.8) is 0 Å². The summed E-state index contributed by atoms with van der Waals surface area (Å²) in [5.74, 6) is 0.199. The van der Waals surface area contributed by atoms with E-state index in [9.17, 15) is 4.79 Å². The molecule has 23 heavy (non-hydrogen) atoms. The molecule has 3 rings (SSSR count). The van der Waals surface area contributed by atoms with Gasteiger partial charge in [0.2, 0.25) is 5.91 Å². The van der Waals surface area contributed by atoms with E-state index in [2.05, 4.69) is 51.5 Å². The number of carbonyl (C=O) groups is 1. The summed E-state index contributed by atoms with van der Waals surface area (Å²) >= 11 is 0. The van der Waals surface area contributed by atoms with Crippen LogP contribution in [0.4, 0.5) is 0 Å². The van der Waals surface area contributed by atoms with Crippen molar-refractivity contribution in [2.75, 3.05) is 32.7 Å². The number of amides is 1. The molecule has 1 aliphatic heterocycles. The summed E-state index contributed by atoms with van der Waals surface area (Å²) < 4.78 is 0. The van der Waals surface area contributed by atoms with Gasteiger partial charge in [0.05, 0.1) is 6.04 Å². The maximum atomic E-state index is 12.1. The average Bonchev–Trinajstić information content (AvgIpc) is 3.40. The number of hydrogen-bond donors (Lipinski definition) is 1. The molecule has 4 heteroatoms. The Morgan fingerprint density at radius 2 is 1.91 bits per heavy atom. The predicted molar refractivity (Wildman–Crippen MR) is 94.1 cm³/mol. The van der Waals surface area contributed by atoms with Crippen molar-refractivity contribution >= 4 is 12.0 Å². The Bertz CT molecular complexity index is 531. The third kappa shape index (κ3) is 4.91. The molecule has 1 saturated carbocycles. The van der Waals surface area contributed by atoms with E-state index in [0.29, 0.717) is 6.04 Å². The highest BCUT2D eigenvalue weighted by Crippen LogP contribution is 2.19. The molecule has 124 valence electrons. The molecule has 4 nitrogen and oxygen atoms in total. The second kappa shape index (κ2) is 7.75. The first-order valence-corrected chi connectivity index (χ1v) is 8.71. The Labute approximate surface area is 139 Å². The van der Waals surface area contributed by atoms with Crippen molar-refractivity contribution in [3.05, 3.63) is 42.0 Å². The van der Waals surface area contributed by atoms with Gasteiger partial charge in [0.15, 0.2) is 0 Å². The van der Waals surface area contributed by atoms with Crippen molar-refractivity contribution < 1.29 is 4.79 Å². The molecule has 1 aliphatic carbocycles. The van der Waals surface area contributed by atoms with Gasteiger partial charge in [-0.05, 0) is 25.3 Å². The highest BCUT2D eigenvalue weighted by Gasteiger charge is 2.29. The minimum Gasteiger partial charge on any atom is -0.352 e. The van der Waals surface area contributed by atoms with Gasteiger partial charge in [0.25, 0.3) is 0 Å². The van der Waals surface area contributed by atoms with Gasteiger partial charge in [-0.2, -0.15) is 0 Å². The van der Waals surface area contributed by atoms with Gasteiger partial charge in [-0.25, -0.2) is 0 Å². The number of piperazine rings is 1. The maximum Gasteiger partial charge on any atom is 0.237 e. The van der Waals surface area contributed by atoms with Crippen molar-refractivity contribution in [1.82, 2.24) is 15.1 Å². The first-order chi connectivity index (χ1) is 11.2. The van der Waals surface area contributed by atoms with E-state index in [4.69, 9.17) is 0 Å². The van der Waals surface area contributed by atoms with E-state index in [1.165, 1.54) is 5.56 Å². The lowest BCUT2D eigenvalue weighted by molar-refractivity contribution is -0.126. The minimum atomic E-state index is -0.00221. The van der Waals surface area contributed by atoms with Crippen LogP contribution in [0.2, 0.25) is 0 Å². The van der Waals surface area contributed by atoms with Crippen LogP contribution in [0.1, 0.15) is 25.3 Å². The van der Waals surface area contributed by atoms with Crippen molar-refractivity contribution in [1.29, 1.82) is 0 Å². The van der Waals surface area contributed by atoms with Crippen LogP contribution < -0.4 is 5.32 Å². The molecule has 2 fully saturated rings. The second-order valence-corrected chi connectivity index (χ2v) is 6.61. The lowest BCUT2D eigenvalue weighted by Crippen LogP contribution is -2.54. The monoisotopic (exact) mass is 313 g/mol. The summed E-state index contributed by atoms with van der Waals surface area (Å²) in [6.07, 6.45) is 6.71. The molecule has 1 atom stereocenters. The predicted octanol–water partition coefficient (Wildman–Crippen LogP) is 1.98. The summed E-state index contributed by atoms with van der Waals surface area (Å²) in [5, 5.41) is 3.11. The molecule has 0 spiro atoms. The molecule has 1 N–H and O–H groups in total. The zero-order valence-corrected chi connectivity index (χ0v) is 13.9. The van der Waals surface area contributed by atoms with Gasteiger partial charge in [-0.15, -0.1) is 0 Å². The Morgan fingerprint density at radius 1 is 1.22 bits per heavy atom. The average molecular weight is 313 g/mol. The van der Waals surface area contributed by atoms with Crippen molar-refractivity contribution in [2.45, 2.75) is 31.8 Å². The standard InChI is InChI=1S/C19H27N3O/c1-16(19(23)20-18-9-10-18)22-14-12-21(13-15-22)11-5-8-17-6-3-2-4-7-17/h2-8,16,18H,9-15H2,1H3,(H,20,23)/b8-5+/t16-/m0/s1. The fourth-order valence-corrected chi connectivity index (χ4v) is 2.95. The highest BCUT2D eigenvalue weighted by molar-refractivity contribution is 5.81. The van der Waals surface area contributed by atoms with Crippen LogP contribution in [0.5, 0.6) is 0 Å². The number of carbonyl (C=O) groups excluding carboxylic acids is 1. The summed E-state index contributed by atoms with van der Waals surface area (Å²) in [5.41, 5.74) is 1.25. The minimum absolute atomic E-state index is 0.00221. The van der Waals surface area contributed by atoms with E-state index in [0.717, 1.165) is 45.6 Å². The van der Waals surface area contributed by atoms with Crippen LogP contribution >= 0.6 is 0 Å². The molecule has 1 heterocycles. The van der Waals surface area contributed by atoms with Crippen LogP contribution in [0.25, 0.3) is 6.08 Å². The fourth-order valence-electron chi connectivity index (χ4n) is 2.95. The van der Waals surface area contributed by atoms with Gasteiger partial charge in [0, 0.05) is 38.8 Å². The smallest absolute Gasteiger partial charge is 0.237 e. The van der Waals surface area contributed by atoms with E-state index in [-0.39, 0.29) is 11.9 Å². The molecule has 2 aliphatic rings. The van der Waals surface area contributed by atoms with E-state index >= 15 is 0 Å². The molecule has 0 aromatic heterocycles. The van der Waals surface area contributed by atoms with Crippen LogP contribution in [0.3, 0.4) is 0 Å². The number of nitrogens with zero attached hydrogens (tertiary/aromatic N) is 2. The van der Waals surface area contributed by atoms with Gasteiger partial charge in [-0.1, -0.05) is 42.5 Å². The summed E-state index contributed by atoms with van der Waals surface area (Å²) in [4.78, 5) is 16.9. The molecule has 0 bridgehead atoms. The molecule has 1 saturated heterocycles. The number of benzene rings is 1. The molecule has 0 unspecified atom stereocenters. The first-order valence-electron chi connectivity index (χ1n) is 8.71. The van der Waals surface area contributed by atoms with Crippen LogP contribution in [-0.4, -0.2) is 60.5 Å². The molecule has 0 radical (unpaired) electrons. The number of rotatable bonds is 6. The van der Waals surface area contributed by atoms with Gasteiger partial charge in [-0.3, -0.25) is 14.6 Å². The lowest BCUT2D eigenvalue weighted by Gasteiger charge is -2.37. The quantitative estimate of drug-likeness (QED) is 0.872. The number of nitrogens with one attached hydrogen (secondary N) is 1. The van der Waals surface area contributed by atoms with Crippen LogP contribution in [0.15, 0.2) is 36.4 Å². The third-order valence-electron chi connectivity index (χ3n) is 4.73. The molecule has 1 aromatic rings. The highest BCUT2D eigenvalue weighted by atomic mass is 16.2. The van der Waals surface area contributed by atoms with E-state index in [1.54, 1.807) is 0 Å². The molecule has 1 amide bonds. The van der Waals surface area contributed by atoms with Crippen molar-refractivity contribution in [3.8, 4) is 0 Å².